The van der Waals surface area contributed by atoms with Gasteiger partial charge >= 0.3 is 11.4 Å². The summed E-state index contributed by atoms with van der Waals surface area (Å²) in [5.74, 6) is 0. The van der Waals surface area contributed by atoms with Crippen molar-refractivity contribution in [2.75, 3.05) is 5.73 Å². The van der Waals surface area contributed by atoms with Crippen molar-refractivity contribution in [2.45, 2.75) is 6.61 Å². The molecule has 1 aromatic rings. The van der Waals surface area contributed by atoms with Crippen molar-refractivity contribution in [1.82, 2.24) is 0 Å². The molecule has 0 aliphatic rings. The molecule has 0 radical (unpaired) electrons. The maximum Gasteiger partial charge on any atom is 0.302 e. The highest BCUT2D eigenvalue weighted by atomic mass is 32.2. The Balaban J connectivity index is 2.57. The van der Waals surface area contributed by atoms with Gasteiger partial charge in [-0.25, -0.2) is 0 Å². The second-order valence-electron chi connectivity index (χ2n) is 2.22. The van der Waals surface area contributed by atoms with E-state index in [1.54, 1.807) is 24.3 Å². The molecular weight excluding hydrogens is 178 g/mol. The number of benzene rings is 1. The monoisotopic (exact) mass is 187 g/mol. The Labute approximate surface area is 72.8 Å². The molecule has 0 saturated heterocycles. The first-order chi connectivity index (χ1) is 5.68. The molecule has 5 heteroatoms. The van der Waals surface area contributed by atoms with Crippen molar-refractivity contribution in [3.05, 3.63) is 29.8 Å². The van der Waals surface area contributed by atoms with E-state index < -0.39 is 11.4 Å². The van der Waals surface area contributed by atoms with Crippen molar-refractivity contribution in [1.29, 1.82) is 0 Å². The maximum absolute atomic E-state index is 10.1. The molecule has 3 N–H and O–H groups in total. The second-order valence-corrected chi connectivity index (χ2v) is 2.89. The first-order valence-electron chi connectivity index (χ1n) is 3.27. The van der Waals surface area contributed by atoms with Gasteiger partial charge in [0.25, 0.3) is 0 Å². The van der Waals surface area contributed by atoms with Crippen LogP contribution in [0.4, 0.5) is 5.69 Å². The number of nitrogens with two attached hydrogens (primary N) is 1. The lowest BCUT2D eigenvalue weighted by molar-refractivity contribution is 0.297. The van der Waals surface area contributed by atoms with E-state index in [9.17, 15) is 4.21 Å². The molecule has 0 aliphatic heterocycles. The number of rotatable bonds is 3. The standard InChI is InChI=1S/C7H9NO3S/c8-7-3-1-2-6(4-7)5-11-12(9)10/h1-4H,5,8H2,(H,9,10). The molecule has 0 aliphatic carbocycles. The first kappa shape index (κ1) is 9.18. The smallest absolute Gasteiger partial charge is 0.302 e. The third kappa shape index (κ3) is 3.00. The molecule has 0 aromatic heterocycles. The van der Waals surface area contributed by atoms with Gasteiger partial charge in [0.1, 0.15) is 0 Å². The zero-order valence-electron chi connectivity index (χ0n) is 6.27. The van der Waals surface area contributed by atoms with Crippen molar-refractivity contribution < 1.29 is 12.9 Å². The fourth-order valence-electron chi connectivity index (χ4n) is 0.801. The molecule has 1 atom stereocenters. The van der Waals surface area contributed by atoms with Crippen LogP contribution in [0, 0.1) is 0 Å². The van der Waals surface area contributed by atoms with E-state index >= 15 is 0 Å². The summed E-state index contributed by atoms with van der Waals surface area (Å²) in [6.45, 7) is 0.0914. The highest BCUT2D eigenvalue weighted by Crippen LogP contribution is 2.07. The van der Waals surface area contributed by atoms with E-state index in [-0.39, 0.29) is 6.61 Å². The van der Waals surface area contributed by atoms with Crippen LogP contribution >= 0.6 is 0 Å². The number of nitrogen functional groups attached to an aromatic ring is 1. The molecule has 4 nitrogen and oxygen atoms in total. The van der Waals surface area contributed by atoms with Gasteiger partial charge in [-0.05, 0) is 17.7 Å². The van der Waals surface area contributed by atoms with Crippen molar-refractivity contribution in [2.24, 2.45) is 0 Å². The Morgan fingerprint density at radius 1 is 1.58 bits per heavy atom. The van der Waals surface area contributed by atoms with Crippen LogP contribution in [0.5, 0.6) is 0 Å². The van der Waals surface area contributed by atoms with Gasteiger partial charge in [0.15, 0.2) is 0 Å². The Morgan fingerprint density at radius 2 is 2.33 bits per heavy atom. The van der Waals surface area contributed by atoms with Crippen LogP contribution in [0.25, 0.3) is 0 Å². The molecule has 0 amide bonds. The fraction of sp³-hybridized carbons (Fsp3) is 0.143. The third-order valence-electron chi connectivity index (χ3n) is 1.28. The minimum atomic E-state index is -2.21. The van der Waals surface area contributed by atoms with Gasteiger partial charge < -0.3 is 5.73 Å². The van der Waals surface area contributed by atoms with Gasteiger partial charge in [-0.15, -0.1) is 0 Å². The zero-order valence-corrected chi connectivity index (χ0v) is 7.08. The topological polar surface area (TPSA) is 72.5 Å². The molecule has 1 rings (SSSR count). The van der Waals surface area contributed by atoms with Crippen molar-refractivity contribution in [3.8, 4) is 0 Å². The highest BCUT2D eigenvalue weighted by Gasteiger charge is 1.96. The Bertz CT molecular complexity index is 290. The first-order valence-corrected chi connectivity index (χ1v) is 4.30. The van der Waals surface area contributed by atoms with E-state index in [4.69, 9.17) is 10.3 Å². The molecule has 1 unspecified atom stereocenters. The van der Waals surface area contributed by atoms with Crippen LogP contribution in [0.1, 0.15) is 5.56 Å². The molecule has 0 heterocycles. The molecule has 12 heavy (non-hydrogen) atoms. The summed E-state index contributed by atoms with van der Waals surface area (Å²) in [4.78, 5) is 0. The Morgan fingerprint density at radius 3 is 2.92 bits per heavy atom. The van der Waals surface area contributed by atoms with Gasteiger partial charge in [-0.1, -0.05) is 12.1 Å². The van der Waals surface area contributed by atoms with Gasteiger partial charge in [-0.2, -0.15) is 4.21 Å². The molecule has 66 valence electrons. The summed E-state index contributed by atoms with van der Waals surface area (Å²) < 4.78 is 22.9. The van der Waals surface area contributed by atoms with E-state index in [0.717, 1.165) is 5.56 Å². The lowest BCUT2D eigenvalue weighted by Gasteiger charge is -1.99. The maximum atomic E-state index is 10.1. The predicted octanol–water partition coefficient (Wildman–Crippen LogP) is 0.922. The van der Waals surface area contributed by atoms with Crippen molar-refractivity contribution >= 4 is 17.0 Å². The fourth-order valence-corrected chi connectivity index (χ4v) is 1.04. The van der Waals surface area contributed by atoms with Crippen LogP contribution in [-0.2, 0) is 22.2 Å². The third-order valence-corrected chi connectivity index (χ3v) is 1.60. The molecule has 0 bridgehead atoms. The van der Waals surface area contributed by atoms with E-state index in [2.05, 4.69) is 4.18 Å². The predicted molar refractivity (Wildman–Crippen MR) is 46.4 cm³/mol. The van der Waals surface area contributed by atoms with Crippen LogP contribution in [0.15, 0.2) is 24.3 Å². The summed E-state index contributed by atoms with van der Waals surface area (Å²) in [6.07, 6.45) is 0. The zero-order chi connectivity index (χ0) is 8.97. The van der Waals surface area contributed by atoms with Gasteiger partial charge in [0.2, 0.25) is 0 Å². The molecule has 0 fully saturated rings. The highest BCUT2D eigenvalue weighted by molar-refractivity contribution is 7.74. The second kappa shape index (κ2) is 4.20. The SMILES string of the molecule is Nc1cccc(COS(=O)O)c1. The van der Waals surface area contributed by atoms with Crippen LogP contribution in [-0.4, -0.2) is 8.76 Å². The summed E-state index contributed by atoms with van der Waals surface area (Å²) in [6, 6.07) is 6.95. The van der Waals surface area contributed by atoms with Gasteiger partial charge in [0.05, 0.1) is 6.61 Å². The molecule has 0 spiro atoms. The molecular formula is C7H9NO3S. The lowest BCUT2D eigenvalue weighted by Crippen LogP contribution is -1.96. The normalized spacial score (nSPS) is 12.8. The largest absolute Gasteiger partial charge is 0.399 e. The number of hydrogen-bond donors (Lipinski definition) is 2. The molecule has 1 aromatic carbocycles. The van der Waals surface area contributed by atoms with Crippen molar-refractivity contribution in [3.63, 3.8) is 0 Å². The Hall–Kier alpha value is -0.910. The summed E-state index contributed by atoms with van der Waals surface area (Å²) in [5, 5.41) is 0. The van der Waals surface area contributed by atoms with E-state index in [1.165, 1.54) is 0 Å². The van der Waals surface area contributed by atoms with Crippen LogP contribution < -0.4 is 5.73 Å². The minimum absolute atomic E-state index is 0.0914. The minimum Gasteiger partial charge on any atom is -0.399 e. The number of hydrogen-bond acceptors (Lipinski definition) is 3. The van der Waals surface area contributed by atoms with Crippen LogP contribution in [0.3, 0.4) is 0 Å². The summed E-state index contributed by atoms with van der Waals surface area (Å²) >= 11 is -2.21. The average molecular weight is 187 g/mol. The van der Waals surface area contributed by atoms with E-state index in [0.29, 0.717) is 5.69 Å². The van der Waals surface area contributed by atoms with E-state index in [1.807, 2.05) is 0 Å². The molecule has 0 saturated carbocycles. The Kier molecular flexibility index (Phi) is 3.21. The summed E-state index contributed by atoms with van der Waals surface area (Å²) in [5.41, 5.74) is 6.86. The lowest BCUT2D eigenvalue weighted by atomic mass is 10.2. The van der Waals surface area contributed by atoms with Gasteiger partial charge in [0, 0.05) is 5.69 Å². The van der Waals surface area contributed by atoms with Gasteiger partial charge in [-0.3, -0.25) is 8.74 Å². The number of anilines is 1. The van der Waals surface area contributed by atoms with Crippen LogP contribution in [0.2, 0.25) is 0 Å². The quantitative estimate of drug-likeness (QED) is 0.545. The average Bonchev–Trinajstić information content (AvgIpc) is 2.01. The summed E-state index contributed by atoms with van der Waals surface area (Å²) in [7, 11) is 0.